The number of aliphatic carboxylic acids is 1. The minimum atomic E-state index is -0.776. The molecular weight excluding hydrogens is 306 g/mol. The van der Waals surface area contributed by atoms with Crippen LogP contribution in [0.1, 0.15) is 31.2 Å². The number of carboxylic acid groups (broad SMARTS) is 1. The Labute approximate surface area is 140 Å². The number of imidazole rings is 1. The molecule has 2 heterocycles. The van der Waals surface area contributed by atoms with E-state index in [2.05, 4.69) is 16.0 Å². The van der Waals surface area contributed by atoms with Gasteiger partial charge in [0, 0.05) is 32.9 Å². The van der Waals surface area contributed by atoms with E-state index in [0.717, 1.165) is 23.3 Å². The highest BCUT2D eigenvalue weighted by Crippen LogP contribution is 2.29. The lowest BCUT2D eigenvalue weighted by Crippen LogP contribution is -2.44. The van der Waals surface area contributed by atoms with Crippen molar-refractivity contribution in [2.24, 2.45) is 11.8 Å². The number of aryl methyl sites for hydroxylation is 1. The summed E-state index contributed by atoms with van der Waals surface area (Å²) in [6, 6.07) is 6.07. The average molecular weight is 329 g/mol. The van der Waals surface area contributed by atoms with Crippen molar-refractivity contribution in [1.82, 2.24) is 14.9 Å². The van der Waals surface area contributed by atoms with Gasteiger partial charge in [-0.05, 0) is 42.9 Å². The summed E-state index contributed by atoms with van der Waals surface area (Å²) in [6.45, 7) is 4.85. The largest absolute Gasteiger partial charge is 0.481 e. The number of aromatic amines is 1. The molecule has 0 unspecified atom stereocenters. The smallest absolute Gasteiger partial charge is 0.303 e. The van der Waals surface area contributed by atoms with Crippen molar-refractivity contribution in [2.75, 3.05) is 13.1 Å². The van der Waals surface area contributed by atoms with Crippen LogP contribution in [0.25, 0.3) is 11.0 Å². The number of piperidine rings is 1. The Morgan fingerprint density at radius 1 is 1.38 bits per heavy atom. The van der Waals surface area contributed by atoms with Gasteiger partial charge in [-0.2, -0.15) is 0 Å². The fraction of sp³-hybridized carbons (Fsp3) is 0.500. The van der Waals surface area contributed by atoms with Crippen molar-refractivity contribution < 1.29 is 14.7 Å². The number of nitrogens with zero attached hydrogens (tertiary/aromatic N) is 2. The molecule has 0 radical (unpaired) electrons. The Balaban J connectivity index is 1.81. The van der Waals surface area contributed by atoms with Gasteiger partial charge in [0.1, 0.15) is 5.82 Å². The van der Waals surface area contributed by atoms with E-state index in [1.165, 1.54) is 5.56 Å². The fourth-order valence-electron chi connectivity index (χ4n) is 3.61. The molecule has 2 atom stereocenters. The minimum Gasteiger partial charge on any atom is -0.481 e. The van der Waals surface area contributed by atoms with Crippen molar-refractivity contribution in [3.8, 4) is 0 Å². The molecule has 24 heavy (non-hydrogen) atoms. The van der Waals surface area contributed by atoms with Gasteiger partial charge in [-0.15, -0.1) is 0 Å². The highest BCUT2D eigenvalue weighted by Gasteiger charge is 2.32. The summed E-state index contributed by atoms with van der Waals surface area (Å²) in [4.78, 5) is 32.6. The number of carboxylic acids is 1. The van der Waals surface area contributed by atoms with Gasteiger partial charge in [0.05, 0.1) is 11.0 Å². The number of rotatable bonds is 4. The molecule has 3 rings (SSSR count). The maximum Gasteiger partial charge on any atom is 0.303 e. The Morgan fingerprint density at radius 3 is 2.88 bits per heavy atom. The first-order valence-electron chi connectivity index (χ1n) is 8.35. The van der Waals surface area contributed by atoms with Crippen LogP contribution in [0, 0.1) is 18.8 Å². The van der Waals surface area contributed by atoms with E-state index in [0.29, 0.717) is 19.5 Å². The molecule has 1 amide bonds. The third-order valence-electron chi connectivity index (χ3n) is 4.92. The van der Waals surface area contributed by atoms with Gasteiger partial charge in [0.15, 0.2) is 0 Å². The number of likely N-dealkylation sites (tertiary alicyclic amines) is 1. The molecule has 0 saturated carbocycles. The van der Waals surface area contributed by atoms with Crippen LogP contribution in [-0.2, 0) is 16.0 Å². The van der Waals surface area contributed by atoms with E-state index in [-0.39, 0.29) is 24.2 Å². The molecule has 0 aliphatic carbocycles. The van der Waals surface area contributed by atoms with Gasteiger partial charge in [-0.3, -0.25) is 9.59 Å². The molecular formula is C18H23N3O3. The summed E-state index contributed by atoms with van der Waals surface area (Å²) in [7, 11) is 0. The number of carbonyl (C=O) groups is 2. The molecule has 2 aromatic rings. The average Bonchev–Trinajstić information content (AvgIpc) is 2.89. The van der Waals surface area contributed by atoms with E-state index in [1.54, 1.807) is 6.92 Å². The number of H-pyrrole nitrogens is 1. The van der Waals surface area contributed by atoms with E-state index in [1.807, 2.05) is 24.0 Å². The zero-order chi connectivity index (χ0) is 17.3. The number of aromatic nitrogens is 2. The molecule has 1 aliphatic heterocycles. The lowest BCUT2D eigenvalue weighted by Gasteiger charge is -2.37. The number of carbonyl (C=O) groups excluding carboxylic acids is 1. The number of hydrogen-bond donors (Lipinski definition) is 2. The third kappa shape index (κ3) is 3.58. The topological polar surface area (TPSA) is 86.3 Å². The predicted molar refractivity (Wildman–Crippen MR) is 90.6 cm³/mol. The summed E-state index contributed by atoms with van der Waals surface area (Å²) in [5.41, 5.74) is 3.09. The number of amides is 1. The maximum absolute atomic E-state index is 11.7. The molecule has 6 heteroatoms. The van der Waals surface area contributed by atoms with Gasteiger partial charge in [-0.25, -0.2) is 4.98 Å². The van der Waals surface area contributed by atoms with Crippen LogP contribution in [0.3, 0.4) is 0 Å². The van der Waals surface area contributed by atoms with Gasteiger partial charge in [0.2, 0.25) is 5.91 Å². The van der Waals surface area contributed by atoms with Crippen LogP contribution in [0.5, 0.6) is 0 Å². The normalized spacial score (nSPS) is 21.2. The van der Waals surface area contributed by atoms with Gasteiger partial charge in [0.25, 0.3) is 0 Å². The van der Waals surface area contributed by atoms with Crippen LogP contribution in [0.4, 0.5) is 0 Å². The SMILES string of the molecule is CC(=O)N1CC[C@@H](CC(=O)O)[C@@H](Cc2nc3ccc(C)cc3[nH]2)C1. The first-order chi connectivity index (χ1) is 11.4. The van der Waals surface area contributed by atoms with E-state index in [9.17, 15) is 9.59 Å². The molecule has 0 bridgehead atoms. The monoisotopic (exact) mass is 329 g/mol. The summed E-state index contributed by atoms with van der Waals surface area (Å²) in [5.74, 6) is 0.324. The third-order valence-corrected chi connectivity index (χ3v) is 4.92. The Bertz CT molecular complexity index is 768. The molecule has 0 spiro atoms. The molecule has 128 valence electrons. The minimum absolute atomic E-state index is 0.0500. The molecule has 6 nitrogen and oxygen atoms in total. The summed E-state index contributed by atoms with van der Waals surface area (Å²) in [6.07, 6.45) is 1.54. The molecule has 1 fully saturated rings. The highest BCUT2D eigenvalue weighted by molar-refractivity contribution is 5.76. The Morgan fingerprint density at radius 2 is 2.17 bits per heavy atom. The standard InChI is InChI=1S/C18H23N3O3/c1-11-3-4-15-16(7-11)20-17(19-15)8-14-10-21(12(2)22)6-5-13(14)9-18(23)24/h3-4,7,13-14H,5-6,8-10H2,1-2H3,(H,19,20)(H,23,24)/t13-,14-/m0/s1. The second kappa shape index (κ2) is 6.63. The summed E-state index contributed by atoms with van der Waals surface area (Å²) < 4.78 is 0. The highest BCUT2D eigenvalue weighted by atomic mass is 16.4. The predicted octanol–water partition coefficient (Wildman–Crippen LogP) is 2.37. The molecule has 1 saturated heterocycles. The Hall–Kier alpha value is -2.37. The second-order valence-corrected chi connectivity index (χ2v) is 6.78. The van der Waals surface area contributed by atoms with Crippen LogP contribution < -0.4 is 0 Å². The van der Waals surface area contributed by atoms with Crippen LogP contribution in [0.2, 0.25) is 0 Å². The number of hydrogen-bond acceptors (Lipinski definition) is 3. The van der Waals surface area contributed by atoms with Crippen LogP contribution in [-0.4, -0.2) is 44.9 Å². The number of fused-ring (bicyclic) bond motifs is 1. The quantitative estimate of drug-likeness (QED) is 0.901. The van der Waals surface area contributed by atoms with Crippen molar-refractivity contribution >= 4 is 22.9 Å². The fourth-order valence-corrected chi connectivity index (χ4v) is 3.61. The molecule has 1 aromatic heterocycles. The number of benzene rings is 1. The van der Waals surface area contributed by atoms with Crippen molar-refractivity contribution in [1.29, 1.82) is 0 Å². The van der Waals surface area contributed by atoms with Crippen LogP contribution >= 0.6 is 0 Å². The first-order valence-corrected chi connectivity index (χ1v) is 8.35. The van der Waals surface area contributed by atoms with Gasteiger partial charge in [-0.1, -0.05) is 6.07 Å². The molecule has 1 aromatic carbocycles. The van der Waals surface area contributed by atoms with E-state index in [4.69, 9.17) is 5.11 Å². The van der Waals surface area contributed by atoms with Crippen molar-refractivity contribution in [3.05, 3.63) is 29.6 Å². The van der Waals surface area contributed by atoms with Gasteiger partial charge < -0.3 is 15.0 Å². The van der Waals surface area contributed by atoms with Gasteiger partial charge >= 0.3 is 5.97 Å². The Kier molecular flexibility index (Phi) is 4.55. The van der Waals surface area contributed by atoms with E-state index < -0.39 is 5.97 Å². The zero-order valence-electron chi connectivity index (χ0n) is 14.1. The van der Waals surface area contributed by atoms with E-state index >= 15 is 0 Å². The van der Waals surface area contributed by atoms with Crippen LogP contribution in [0.15, 0.2) is 18.2 Å². The lowest BCUT2D eigenvalue weighted by molar-refractivity contribution is -0.139. The van der Waals surface area contributed by atoms with Crippen molar-refractivity contribution in [3.63, 3.8) is 0 Å². The number of nitrogens with one attached hydrogen (secondary N) is 1. The summed E-state index contributed by atoms with van der Waals surface area (Å²) in [5, 5.41) is 9.17. The lowest BCUT2D eigenvalue weighted by atomic mass is 9.81. The summed E-state index contributed by atoms with van der Waals surface area (Å²) >= 11 is 0. The second-order valence-electron chi connectivity index (χ2n) is 6.78. The van der Waals surface area contributed by atoms with Crippen molar-refractivity contribution in [2.45, 2.75) is 33.1 Å². The zero-order valence-corrected chi connectivity index (χ0v) is 14.1. The molecule has 2 N–H and O–H groups in total. The molecule has 1 aliphatic rings. The first kappa shape index (κ1) is 16.5. The maximum atomic E-state index is 11.7.